The summed E-state index contributed by atoms with van der Waals surface area (Å²) in [5.74, 6) is -0.383. The molecule has 0 bridgehead atoms. The van der Waals surface area contributed by atoms with Crippen molar-refractivity contribution in [1.29, 1.82) is 0 Å². The summed E-state index contributed by atoms with van der Waals surface area (Å²) in [5, 5.41) is 30.8. The van der Waals surface area contributed by atoms with Crippen molar-refractivity contribution in [2.75, 3.05) is 0 Å². The minimum atomic E-state index is -0.496. The van der Waals surface area contributed by atoms with Gasteiger partial charge in [0.1, 0.15) is 11.5 Å². The number of rotatable bonds is 1. The molecule has 1 heterocycles. The molecule has 0 radical (unpaired) electrons. The van der Waals surface area contributed by atoms with E-state index in [9.17, 15) is 20.1 Å². The predicted molar refractivity (Wildman–Crippen MR) is 69.8 cm³/mol. The summed E-state index contributed by atoms with van der Waals surface area (Å²) >= 11 is 0. The molecule has 5 heteroatoms. The van der Waals surface area contributed by atoms with Gasteiger partial charge in [0, 0.05) is 17.2 Å². The molecule has 0 saturated heterocycles. The van der Waals surface area contributed by atoms with E-state index in [2.05, 4.69) is 0 Å². The van der Waals surface area contributed by atoms with Crippen LogP contribution in [0, 0.1) is 0 Å². The molecule has 1 aromatic carbocycles. The number of hydrogen-bond acceptors (Lipinski definition) is 5. The van der Waals surface area contributed by atoms with Crippen molar-refractivity contribution in [3.8, 4) is 39.9 Å². The summed E-state index contributed by atoms with van der Waals surface area (Å²) in [6.45, 7) is 0. The van der Waals surface area contributed by atoms with Gasteiger partial charge in [-0.2, -0.15) is 0 Å². The normalized spacial score (nSPS) is 10.8. The summed E-state index contributed by atoms with van der Waals surface area (Å²) in [7, 11) is 0. The van der Waals surface area contributed by atoms with Crippen LogP contribution in [0.4, 0.5) is 0 Å². The molecular weight excluding hydrogens is 260 g/mol. The highest BCUT2D eigenvalue weighted by atomic mass is 16.4. The maximum atomic E-state index is 11.6. The third-order valence-corrected chi connectivity index (χ3v) is 2.93. The molecular formula is C15H9O5-. The van der Waals surface area contributed by atoms with Gasteiger partial charge in [0.15, 0.2) is 16.9 Å². The molecule has 1 aromatic rings. The Labute approximate surface area is 113 Å². The van der Waals surface area contributed by atoms with Crippen LogP contribution in [0.25, 0.3) is 22.6 Å². The summed E-state index contributed by atoms with van der Waals surface area (Å²) < 4.78 is 5.45. The van der Waals surface area contributed by atoms with Crippen LogP contribution >= 0.6 is 0 Å². The molecule has 0 spiro atoms. The minimum Gasteiger partial charge on any atom is -0.872 e. The molecule has 0 fully saturated rings. The SMILES string of the molecule is O=c1cc2oc(-c3ccc(O)cc3)c(O)cc-2c([O-])c1. The van der Waals surface area contributed by atoms with E-state index in [-0.39, 0.29) is 28.6 Å². The van der Waals surface area contributed by atoms with E-state index in [0.29, 0.717) is 5.56 Å². The Morgan fingerprint density at radius 3 is 2.40 bits per heavy atom. The zero-order valence-corrected chi connectivity index (χ0v) is 10.2. The third kappa shape index (κ3) is 1.95. The first-order valence-corrected chi connectivity index (χ1v) is 5.82. The topological polar surface area (TPSA) is 93.7 Å². The summed E-state index contributed by atoms with van der Waals surface area (Å²) in [6, 6.07) is 9.40. The Hall–Kier alpha value is -2.95. The van der Waals surface area contributed by atoms with Gasteiger partial charge in [-0.05, 0) is 36.4 Å². The Morgan fingerprint density at radius 1 is 1.00 bits per heavy atom. The van der Waals surface area contributed by atoms with Crippen LogP contribution in [0.1, 0.15) is 0 Å². The highest BCUT2D eigenvalue weighted by Crippen LogP contribution is 2.38. The quantitative estimate of drug-likeness (QED) is 0.703. The van der Waals surface area contributed by atoms with Crippen molar-refractivity contribution in [2.45, 2.75) is 0 Å². The second-order valence-corrected chi connectivity index (χ2v) is 4.34. The van der Waals surface area contributed by atoms with Crippen LogP contribution in [-0.2, 0) is 0 Å². The van der Waals surface area contributed by atoms with E-state index in [1.807, 2.05) is 0 Å². The zero-order chi connectivity index (χ0) is 14.3. The predicted octanol–water partition coefficient (Wildman–Crippen LogP) is 1.90. The first-order valence-electron chi connectivity index (χ1n) is 5.82. The van der Waals surface area contributed by atoms with Crippen LogP contribution in [0.5, 0.6) is 17.2 Å². The Balaban J connectivity index is 2.27. The second-order valence-electron chi connectivity index (χ2n) is 4.34. The number of benzene rings is 2. The average Bonchev–Trinajstić information content (AvgIpc) is 2.40. The zero-order valence-electron chi connectivity index (χ0n) is 10.2. The Kier molecular flexibility index (Phi) is 2.61. The lowest BCUT2D eigenvalue weighted by molar-refractivity contribution is -0.267. The van der Waals surface area contributed by atoms with E-state index in [1.165, 1.54) is 24.3 Å². The largest absolute Gasteiger partial charge is 0.872 e. The summed E-state index contributed by atoms with van der Waals surface area (Å²) in [6.07, 6.45) is 0. The second kappa shape index (κ2) is 4.31. The number of hydrogen-bond donors (Lipinski definition) is 2. The highest BCUT2D eigenvalue weighted by molar-refractivity contribution is 5.74. The molecule has 0 unspecified atom stereocenters. The van der Waals surface area contributed by atoms with Gasteiger partial charge in [0.25, 0.3) is 0 Å². The fourth-order valence-corrected chi connectivity index (χ4v) is 1.99. The van der Waals surface area contributed by atoms with Crippen LogP contribution in [0.15, 0.2) is 51.7 Å². The third-order valence-electron chi connectivity index (χ3n) is 2.93. The molecule has 0 amide bonds. The van der Waals surface area contributed by atoms with Crippen molar-refractivity contribution in [1.82, 2.24) is 0 Å². The molecule has 0 aromatic heterocycles. The summed E-state index contributed by atoms with van der Waals surface area (Å²) in [5.41, 5.74) is 0.212. The monoisotopic (exact) mass is 269 g/mol. The van der Waals surface area contributed by atoms with Crippen LogP contribution in [-0.4, -0.2) is 10.2 Å². The number of fused-ring (bicyclic) bond motifs is 1. The van der Waals surface area contributed by atoms with Crippen LogP contribution in [0.3, 0.4) is 0 Å². The molecule has 100 valence electrons. The van der Waals surface area contributed by atoms with Crippen LogP contribution < -0.4 is 10.5 Å². The van der Waals surface area contributed by atoms with E-state index >= 15 is 0 Å². The van der Waals surface area contributed by atoms with Gasteiger partial charge >= 0.3 is 0 Å². The van der Waals surface area contributed by atoms with E-state index in [4.69, 9.17) is 4.42 Å². The maximum absolute atomic E-state index is 11.6. The Morgan fingerprint density at radius 2 is 1.70 bits per heavy atom. The molecule has 2 N–H and O–H groups in total. The van der Waals surface area contributed by atoms with Crippen molar-refractivity contribution >= 4 is 0 Å². The molecule has 2 aliphatic rings. The smallest absolute Gasteiger partial charge is 0.181 e. The van der Waals surface area contributed by atoms with Gasteiger partial charge in [-0.3, -0.25) is 4.79 Å². The number of phenols is 1. The lowest BCUT2D eigenvalue weighted by Crippen LogP contribution is -2.04. The average molecular weight is 269 g/mol. The maximum Gasteiger partial charge on any atom is 0.181 e. The van der Waals surface area contributed by atoms with Crippen molar-refractivity contribution in [3.63, 3.8) is 0 Å². The van der Waals surface area contributed by atoms with Gasteiger partial charge in [0.2, 0.25) is 0 Å². The lowest BCUT2D eigenvalue weighted by Gasteiger charge is -2.16. The lowest BCUT2D eigenvalue weighted by atomic mass is 10.1. The molecule has 5 nitrogen and oxygen atoms in total. The first-order chi connectivity index (χ1) is 9.54. The molecule has 1 aliphatic carbocycles. The van der Waals surface area contributed by atoms with Gasteiger partial charge in [-0.1, -0.05) is 5.75 Å². The molecule has 20 heavy (non-hydrogen) atoms. The van der Waals surface area contributed by atoms with E-state index in [0.717, 1.165) is 6.07 Å². The standard InChI is InChI=1S/C15H10O5/c16-9-3-1-8(2-4-9)15-13(19)7-11-12(18)5-10(17)6-14(11)20-15/h1-7,16,18-19H/p-1. The Bertz CT molecular complexity index is 802. The molecule has 1 aliphatic heterocycles. The first kappa shape index (κ1) is 12.1. The fourth-order valence-electron chi connectivity index (χ4n) is 1.99. The van der Waals surface area contributed by atoms with Gasteiger partial charge < -0.3 is 19.7 Å². The minimum absolute atomic E-state index is 0.0812. The molecule has 3 rings (SSSR count). The highest BCUT2D eigenvalue weighted by Gasteiger charge is 2.14. The molecule has 0 atom stereocenters. The van der Waals surface area contributed by atoms with Crippen molar-refractivity contribution in [3.05, 3.63) is 52.7 Å². The summed E-state index contributed by atoms with van der Waals surface area (Å²) in [4.78, 5) is 11.3. The van der Waals surface area contributed by atoms with Crippen LogP contribution in [0.2, 0.25) is 0 Å². The van der Waals surface area contributed by atoms with Gasteiger partial charge in [-0.15, -0.1) is 0 Å². The number of aromatic hydroxyl groups is 2. The van der Waals surface area contributed by atoms with Crippen molar-refractivity contribution in [2.24, 2.45) is 0 Å². The fraction of sp³-hybridized carbons (Fsp3) is 0. The number of phenolic OH excluding ortho intramolecular Hbond substituents is 1. The van der Waals surface area contributed by atoms with Gasteiger partial charge in [-0.25, -0.2) is 0 Å². The van der Waals surface area contributed by atoms with E-state index < -0.39 is 11.2 Å². The van der Waals surface area contributed by atoms with Gasteiger partial charge in [0.05, 0.1) is 0 Å². The van der Waals surface area contributed by atoms with Crippen molar-refractivity contribution < 1.29 is 19.7 Å². The van der Waals surface area contributed by atoms with E-state index in [1.54, 1.807) is 12.1 Å². The molecule has 0 saturated carbocycles.